The van der Waals surface area contributed by atoms with Crippen molar-refractivity contribution < 1.29 is 15.3 Å². The molecular formula is C30H60O3. The summed E-state index contributed by atoms with van der Waals surface area (Å²) >= 11 is 0. The number of aliphatic hydroxyl groups excluding tert-OH is 3. The first kappa shape index (κ1) is 30.9. The molecule has 0 aromatic rings. The Morgan fingerprint density at radius 2 is 0.667 bits per heavy atom. The van der Waals surface area contributed by atoms with Crippen LogP contribution >= 0.6 is 0 Å². The third kappa shape index (κ3) is 15.5. The largest absolute Gasteiger partial charge is 0.396 e. The lowest BCUT2D eigenvalue weighted by Crippen LogP contribution is -2.40. The molecule has 0 spiro atoms. The van der Waals surface area contributed by atoms with Crippen molar-refractivity contribution in [3.8, 4) is 0 Å². The molecule has 33 heavy (non-hydrogen) atoms. The first-order valence-electron chi connectivity index (χ1n) is 15.1. The summed E-state index contributed by atoms with van der Waals surface area (Å²) in [6.45, 7) is 0.0740. The Bertz CT molecular complexity index is 394. The molecule has 0 bridgehead atoms. The van der Waals surface area contributed by atoms with Gasteiger partial charge in [0.25, 0.3) is 0 Å². The van der Waals surface area contributed by atoms with Crippen LogP contribution in [0.15, 0.2) is 0 Å². The Morgan fingerprint density at radius 3 is 0.939 bits per heavy atom. The molecule has 198 valence electrons. The van der Waals surface area contributed by atoms with E-state index in [0.717, 1.165) is 25.7 Å². The van der Waals surface area contributed by atoms with Crippen molar-refractivity contribution in [3.05, 3.63) is 0 Å². The Kier molecular flexibility index (Phi) is 20.9. The minimum Gasteiger partial charge on any atom is -0.396 e. The van der Waals surface area contributed by atoms with Crippen molar-refractivity contribution in [2.45, 2.75) is 161 Å². The van der Waals surface area contributed by atoms with Crippen molar-refractivity contribution in [1.29, 1.82) is 0 Å². The van der Waals surface area contributed by atoms with E-state index in [4.69, 9.17) is 0 Å². The Labute approximate surface area is 207 Å². The molecule has 0 aromatic carbocycles. The van der Waals surface area contributed by atoms with E-state index in [1.165, 1.54) is 135 Å². The summed E-state index contributed by atoms with van der Waals surface area (Å²) in [6.07, 6.45) is 32.7. The smallest absolute Gasteiger partial charge is 0.0512 e. The van der Waals surface area contributed by atoms with Gasteiger partial charge in [0.15, 0.2) is 0 Å². The summed E-state index contributed by atoms with van der Waals surface area (Å²) in [5.41, 5.74) is -0.502. The fourth-order valence-corrected chi connectivity index (χ4v) is 5.84. The summed E-state index contributed by atoms with van der Waals surface area (Å²) in [7, 11) is 0. The van der Waals surface area contributed by atoms with Gasteiger partial charge in [0.2, 0.25) is 0 Å². The average Bonchev–Trinajstić information content (AvgIpc) is 2.84. The lowest BCUT2D eigenvalue weighted by atomic mass is 9.71. The van der Waals surface area contributed by atoms with E-state index in [0.29, 0.717) is 0 Å². The van der Waals surface area contributed by atoms with Crippen molar-refractivity contribution in [2.24, 2.45) is 11.3 Å². The van der Waals surface area contributed by atoms with Gasteiger partial charge in [-0.2, -0.15) is 0 Å². The van der Waals surface area contributed by atoms with Gasteiger partial charge in [0, 0.05) is 12.0 Å². The molecule has 1 fully saturated rings. The highest BCUT2D eigenvalue weighted by Gasteiger charge is 2.36. The van der Waals surface area contributed by atoms with Crippen LogP contribution in [0, 0.1) is 11.3 Å². The van der Waals surface area contributed by atoms with Gasteiger partial charge in [-0.05, 0) is 18.8 Å². The van der Waals surface area contributed by atoms with Gasteiger partial charge < -0.3 is 15.3 Å². The van der Waals surface area contributed by atoms with Gasteiger partial charge in [-0.3, -0.25) is 0 Å². The summed E-state index contributed by atoms with van der Waals surface area (Å²) in [5, 5.41) is 30.3. The number of rotatable bonds is 3. The van der Waals surface area contributed by atoms with E-state index in [9.17, 15) is 15.3 Å². The van der Waals surface area contributed by atoms with Crippen LogP contribution in [-0.4, -0.2) is 35.1 Å². The summed E-state index contributed by atoms with van der Waals surface area (Å²) in [4.78, 5) is 0. The maximum atomic E-state index is 10.1. The molecule has 0 heterocycles. The standard InChI is InChI=1S/C30H60O3/c31-26-29-24-22-20-18-16-14-12-10-8-6-4-2-1-3-5-7-9-11-13-15-17-19-21-23-25-30(29,27-32)28-33/h29,31-33H,1-28H2. The normalized spacial score (nSPS) is 25.7. The van der Waals surface area contributed by atoms with Crippen LogP contribution < -0.4 is 0 Å². The molecule has 1 saturated carbocycles. The zero-order chi connectivity index (χ0) is 23.9. The predicted octanol–water partition coefficient (Wildman–Crippen LogP) is 8.33. The minimum absolute atomic E-state index is 0.00523. The second-order valence-electron chi connectivity index (χ2n) is 11.2. The van der Waals surface area contributed by atoms with Gasteiger partial charge >= 0.3 is 0 Å². The lowest BCUT2D eigenvalue weighted by molar-refractivity contribution is -0.0303. The third-order valence-corrected chi connectivity index (χ3v) is 8.44. The van der Waals surface area contributed by atoms with Gasteiger partial charge in [0.1, 0.15) is 0 Å². The molecule has 0 aliphatic heterocycles. The van der Waals surface area contributed by atoms with E-state index in [1.807, 2.05) is 0 Å². The predicted molar refractivity (Wildman–Crippen MR) is 143 cm³/mol. The molecule has 0 saturated heterocycles. The van der Waals surface area contributed by atoms with Crippen LogP contribution in [0.2, 0.25) is 0 Å². The highest BCUT2D eigenvalue weighted by atomic mass is 16.3. The van der Waals surface area contributed by atoms with E-state index >= 15 is 0 Å². The lowest BCUT2D eigenvalue weighted by Gasteiger charge is -2.37. The molecule has 1 aliphatic rings. The van der Waals surface area contributed by atoms with Gasteiger partial charge in [0.05, 0.1) is 13.2 Å². The third-order valence-electron chi connectivity index (χ3n) is 8.44. The fourth-order valence-electron chi connectivity index (χ4n) is 5.84. The van der Waals surface area contributed by atoms with Gasteiger partial charge in [-0.1, -0.05) is 148 Å². The maximum absolute atomic E-state index is 10.1. The molecule has 1 rings (SSSR count). The molecule has 1 atom stereocenters. The van der Waals surface area contributed by atoms with Crippen molar-refractivity contribution in [3.63, 3.8) is 0 Å². The SMILES string of the molecule is OCC1CCCCCCCCCCCCCCCCCCCCCCCCCC1(CO)CO. The second kappa shape index (κ2) is 22.4. The van der Waals surface area contributed by atoms with Crippen LogP contribution in [0.1, 0.15) is 161 Å². The van der Waals surface area contributed by atoms with Crippen LogP contribution in [0.4, 0.5) is 0 Å². The topological polar surface area (TPSA) is 60.7 Å². The van der Waals surface area contributed by atoms with Crippen molar-refractivity contribution in [1.82, 2.24) is 0 Å². The summed E-state index contributed by atoms with van der Waals surface area (Å²) in [6, 6.07) is 0. The van der Waals surface area contributed by atoms with Gasteiger partial charge in [-0.15, -0.1) is 0 Å². The Balaban J connectivity index is 2.39. The van der Waals surface area contributed by atoms with E-state index in [-0.39, 0.29) is 25.7 Å². The molecule has 3 nitrogen and oxygen atoms in total. The van der Waals surface area contributed by atoms with E-state index < -0.39 is 5.41 Å². The Hall–Kier alpha value is -0.120. The van der Waals surface area contributed by atoms with Gasteiger partial charge in [-0.25, -0.2) is 0 Å². The zero-order valence-corrected chi connectivity index (χ0v) is 22.2. The maximum Gasteiger partial charge on any atom is 0.0512 e. The molecule has 1 aliphatic carbocycles. The first-order valence-corrected chi connectivity index (χ1v) is 15.1. The van der Waals surface area contributed by atoms with Crippen LogP contribution in [0.5, 0.6) is 0 Å². The zero-order valence-electron chi connectivity index (χ0n) is 22.2. The number of hydrogen-bond donors (Lipinski definition) is 3. The fraction of sp³-hybridized carbons (Fsp3) is 1.00. The van der Waals surface area contributed by atoms with E-state index in [2.05, 4.69) is 0 Å². The average molecular weight is 469 g/mol. The molecule has 0 aromatic heterocycles. The molecule has 3 N–H and O–H groups in total. The number of hydrogen-bond acceptors (Lipinski definition) is 3. The monoisotopic (exact) mass is 468 g/mol. The number of aliphatic hydroxyl groups is 3. The first-order chi connectivity index (χ1) is 16.3. The summed E-state index contributed by atoms with van der Waals surface area (Å²) < 4.78 is 0. The van der Waals surface area contributed by atoms with Crippen LogP contribution in [0.25, 0.3) is 0 Å². The molecule has 0 amide bonds. The second-order valence-corrected chi connectivity index (χ2v) is 11.2. The molecule has 0 radical (unpaired) electrons. The Morgan fingerprint density at radius 1 is 0.394 bits per heavy atom. The highest BCUT2D eigenvalue weighted by Crippen LogP contribution is 2.36. The molecule has 1 unspecified atom stereocenters. The van der Waals surface area contributed by atoms with Crippen LogP contribution in [-0.2, 0) is 0 Å². The molecule has 3 heteroatoms. The minimum atomic E-state index is -0.502. The van der Waals surface area contributed by atoms with Crippen molar-refractivity contribution in [2.75, 3.05) is 19.8 Å². The molecular weight excluding hydrogens is 408 g/mol. The van der Waals surface area contributed by atoms with Crippen molar-refractivity contribution >= 4 is 0 Å². The summed E-state index contributed by atoms with van der Waals surface area (Å²) in [5.74, 6) is 0.0233. The van der Waals surface area contributed by atoms with Crippen LogP contribution in [0.3, 0.4) is 0 Å². The highest BCUT2D eigenvalue weighted by molar-refractivity contribution is 4.85. The quantitative estimate of drug-likeness (QED) is 0.390. The van der Waals surface area contributed by atoms with E-state index in [1.54, 1.807) is 0 Å².